The number of carbonyl (C=O) groups is 4. The number of aliphatic hydroxyl groups is 1. The summed E-state index contributed by atoms with van der Waals surface area (Å²) in [5.74, 6) is -1.92. The van der Waals surface area contributed by atoms with E-state index in [1.54, 1.807) is 54.7 Å². The van der Waals surface area contributed by atoms with Crippen LogP contribution >= 0.6 is 0 Å². The quantitative estimate of drug-likeness (QED) is 0.367. The highest BCUT2D eigenvalue weighted by atomic mass is 16.3. The average Bonchev–Trinajstić information content (AvgIpc) is 2.89. The van der Waals surface area contributed by atoms with Gasteiger partial charge in [0.1, 0.15) is 6.04 Å². The fourth-order valence-electron chi connectivity index (χ4n) is 4.06. The van der Waals surface area contributed by atoms with Crippen LogP contribution in [0, 0.1) is 0 Å². The van der Waals surface area contributed by atoms with Gasteiger partial charge in [-0.3, -0.25) is 24.2 Å². The summed E-state index contributed by atoms with van der Waals surface area (Å²) in [6.45, 7) is -0.636. The Morgan fingerprint density at radius 2 is 1.54 bits per heavy atom. The molecule has 1 aromatic heterocycles. The van der Waals surface area contributed by atoms with Gasteiger partial charge in [-0.2, -0.15) is 0 Å². The zero-order valence-electron chi connectivity index (χ0n) is 18.3. The predicted octanol–water partition coefficient (Wildman–Crippen LogP) is 2.74. The van der Waals surface area contributed by atoms with E-state index in [1.807, 2.05) is 6.07 Å². The van der Waals surface area contributed by atoms with Gasteiger partial charge >= 0.3 is 0 Å². The Bertz CT molecular complexity index is 1530. The zero-order chi connectivity index (χ0) is 24.5. The average molecular weight is 465 g/mol. The van der Waals surface area contributed by atoms with Crippen LogP contribution < -0.4 is 10.6 Å². The maximum absolute atomic E-state index is 12.9. The lowest BCUT2D eigenvalue weighted by Crippen LogP contribution is -2.46. The van der Waals surface area contributed by atoms with Crippen molar-refractivity contribution in [1.82, 2.24) is 10.3 Å². The highest BCUT2D eigenvalue weighted by molar-refractivity contribution is 6.28. The van der Waals surface area contributed by atoms with Gasteiger partial charge in [0.15, 0.2) is 11.6 Å². The third-order valence-electron chi connectivity index (χ3n) is 5.86. The lowest BCUT2D eigenvalue weighted by Gasteiger charge is -2.19. The first-order valence-electron chi connectivity index (χ1n) is 10.9. The normalized spacial score (nSPS) is 13.1. The number of amides is 2. The second-order valence-corrected chi connectivity index (χ2v) is 8.07. The topological polar surface area (TPSA) is 125 Å². The number of aliphatic hydroxyl groups excluding tert-OH is 1. The molecule has 0 spiro atoms. The van der Waals surface area contributed by atoms with Crippen LogP contribution in [0.4, 0.5) is 5.69 Å². The van der Waals surface area contributed by atoms with Crippen molar-refractivity contribution < 1.29 is 24.3 Å². The number of rotatable bonds is 5. The van der Waals surface area contributed by atoms with Crippen molar-refractivity contribution in [1.29, 1.82) is 0 Å². The van der Waals surface area contributed by atoms with E-state index >= 15 is 0 Å². The molecule has 35 heavy (non-hydrogen) atoms. The highest BCUT2D eigenvalue weighted by Gasteiger charge is 2.30. The molecule has 0 fully saturated rings. The monoisotopic (exact) mass is 465 g/mol. The van der Waals surface area contributed by atoms with Crippen molar-refractivity contribution >= 4 is 40.0 Å². The summed E-state index contributed by atoms with van der Waals surface area (Å²) in [7, 11) is 0. The van der Waals surface area contributed by atoms with E-state index in [0.717, 1.165) is 10.9 Å². The summed E-state index contributed by atoms with van der Waals surface area (Å²) in [4.78, 5) is 55.5. The van der Waals surface area contributed by atoms with Crippen LogP contribution in [0.2, 0.25) is 0 Å². The molecule has 0 saturated heterocycles. The van der Waals surface area contributed by atoms with Crippen LogP contribution in [0.15, 0.2) is 79.0 Å². The number of pyridine rings is 1. The van der Waals surface area contributed by atoms with Crippen molar-refractivity contribution in [2.45, 2.75) is 6.04 Å². The lowest BCUT2D eigenvalue weighted by molar-refractivity contribution is -0.118. The number of nitrogens with zero attached hydrogens (tertiary/aromatic N) is 1. The molecule has 1 heterocycles. The fraction of sp³-hybridized carbons (Fsp3) is 0.0741. The molecule has 0 radical (unpaired) electrons. The molecule has 0 aliphatic heterocycles. The highest BCUT2D eigenvalue weighted by Crippen LogP contribution is 2.28. The number of fused-ring (bicyclic) bond motifs is 3. The van der Waals surface area contributed by atoms with Crippen molar-refractivity contribution in [2.24, 2.45) is 0 Å². The molecule has 1 aliphatic carbocycles. The number of hydrogen-bond donors (Lipinski definition) is 3. The van der Waals surface area contributed by atoms with Gasteiger partial charge in [-0.1, -0.05) is 30.3 Å². The minimum atomic E-state index is -1.24. The molecular weight excluding hydrogens is 446 g/mol. The lowest BCUT2D eigenvalue weighted by atomic mass is 9.83. The standard InChI is InChI=1S/C27H19N3O5/c31-14-23(27(35)29-17-8-10-22-15(12-17)4-3-11-28-22)30-26(34)16-7-9-20-21(13-16)25(33)19-6-2-1-5-18(19)24(20)32/h1-13,23,31H,14H2,(H,29,35)(H,30,34). The number of hydrogen-bond acceptors (Lipinski definition) is 6. The summed E-state index contributed by atoms with van der Waals surface area (Å²) in [5, 5.41) is 15.7. The summed E-state index contributed by atoms with van der Waals surface area (Å²) >= 11 is 0. The van der Waals surface area contributed by atoms with Crippen molar-refractivity contribution in [3.63, 3.8) is 0 Å². The molecule has 3 N–H and O–H groups in total. The molecule has 172 valence electrons. The Morgan fingerprint density at radius 3 is 2.29 bits per heavy atom. The number of carbonyl (C=O) groups excluding carboxylic acids is 4. The Labute approximate surface area is 199 Å². The smallest absolute Gasteiger partial charge is 0.252 e. The van der Waals surface area contributed by atoms with Gasteiger partial charge in [-0.05, 0) is 42.5 Å². The first kappa shape index (κ1) is 22.1. The van der Waals surface area contributed by atoms with Crippen molar-refractivity contribution in [3.05, 3.63) is 107 Å². The Balaban J connectivity index is 1.34. The number of aromatic nitrogens is 1. The molecule has 1 aliphatic rings. The molecule has 2 amide bonds. The van der Waals surface area contributed by atoms with E-state index in [0.29, 0.717) is 11.3 Å². The fourth-order valence-corrected chi connectivity index (χ4v) is 4.06. The van der Waals surface area contributed by atoms with Crippen LogP contribution in [-0.2, 0) is 4.79 Å². The maximum Gasteiger partial charge on any atom is 0.252 e. The van der Waals surface area contributed by atoms with E-state index in [2.05, 4.69) is 15.6 Å². The Kier molecular flexibility index (Phi) is 5.64. The van der Waals surface area contributed by atoms with Gasteiger partial charge in [-0.25, -0.2) is 0 Å². The molecule has 8 heteroatoms. The van der Waals surface area contributed by atoms with Gasteiger partial charge < -0.3 is 15.7 Å². The molecule has 8 nitrogen and oxygen atoms in total. The third-order valence-corrected chi connectivity index (χ3v) is 5.86. The Hall–Kier alpha value is -4.69. The third kappa shape index (κ3) is 4.07. The van der Waals surface area contributed by atoms with Crippen LogP contribution in [-0.4, -0.2) is 46.1 Å². The van der Waals surface area contributed by atoms with E-state index in [9.17, 15) is 24.3 Å². The summed E-state index contributed by atoms with van der Waals surface area (Å²) < 4.78 is 0. The second-order valence-electron chi connectivity index (χ2n) is 8.07. The largest absolute Gasteiger partial charge is 0.394 e. The molecule has 1 unspecified atom stereocenters. The first-order chi connectivity index (χ1) is 17.0. The van der Waals surface area contributed by atoms with Gasteiger partial charge in [0.25, 0.3) is 5.91 Å². The van der Waals surface area contributed by atoms with Crippen LogP contribution in [0.25, 0.3) is 10.9 Å². The summed E-state index contributed by atoms with van der Waals surface area (Å²) in [5.41, 5.74) is 2.28. The Morgan fingerprint density at radius 1 is 0.829 bits per heavy atom. The zero-order valence-corrected chi connectivity index (χ0v) is 18.3. The van der Waals surface area contributed by atoms with Gasteiger partial charge in [0.05, 0.1) is 12.1 Å². The number of benzene rings is 3. The van der Waals surface area contributed by atoms with Gasteiger partial charge in [-0.15, -0.1) is 0 Å². The maximum atomic E-state index is 12.9. The molecule has 5 rings (SSSR count). The van der Waals surface area contributed by atoms with E-state index in [4.69, 9.17) is 0 Å². The first-order valence-corrected chi connectivity index (χ1v) is 10.9. The predicted molar refractivity (Wildman–Crippen MR) is 128 cm³/mol. The molecule has 0 bridgehead atoms. The van der Waals surface area contributed by atoms with Crippen LogP contribution in [0.5, 0.6) is 0 Å². The van der Waals surface area contributed by atoms with Crippen molar-refractivity contribution in [3.8, 4) is 0 Å². The van der Waals surface area contributed by atoms with E-state index in [1.165, 1.54) is 18.2 Å². The molecular formula is C27H19N3O5. The SMILES string of the molecule is O=C(NC(CO)C(=O)Nc1ccc2ncccc2c1)c1ccc2c(c1)C(=O)c1ccccc1C2=O. The van der Waals surface area contributed by atoms with Crippen LogP contribution in [0.1, 0.15) is 42.2 Å². The molecule has 1 atom stereocenters. The van der Waals surface area contributed by atoms with Gasteiger partial charge in [0.2, 0.25) is 5.91 Å². The minimum absolute atomic E-state index is 0.0901. The summed E-state index contributed by atoms with van der Waals surface area (Å²) in [6.07, 6.45) is 1.67. The number of nitrogens with one attached hydrogen (secondary N) is 2. The van der Waals surface area contributed by atoms with E-state index < -0.39 is 24.5 Å². The molecule has 4 aromatic rings. The van der Waals surface area contributed by atoms with E-state index in [-0.39, 0.29) is 33.8 Å². The van der Waals surface area contributed by atoms with Gasteiger partial charge in [0, 0.05) is 45.1 Å². The van der Waals surface area contributed by atoms with Crippen LogP contribution in [0.3, 0.4) is 0 Å². The number of anilines is 1. The molecule has 3 aromatic carbocycles. The van der Waals surface area contributed by atoms with Crippen molar-refractivity contribution in [2.75, 3.05) is 11.9 Å². The molecule has 0 saturated carbocycles. The number of ketones is 2. The minimum Gasteiger partial charge on any atom is -0.394 e. The second kappa shape index (κ2) is 8.92. The summed E-state index contributed by atoms with van der Waals surface area (Å²) in [6, 6.07) is 18.3.